The molecule has 0 saturated carbocycles. The molecule has 1 aromatic heterocycles. The molecule has 7 heteroatoms. The van der Waals surface area contributed by atoms with Crippen molar-refractivity contribution in [2.75, 3.05) is 47.9 Å². The van der Waals surface area contributed by atoms with Gasteiger partial charge in [-0.2, -0.15) is 15.0 Å². The highest BCUT2D eigenvalue weighted by Crippen LogP contribution is 2.24. The lowest BCUT2D eigenvalue weighted by molar-refractivity contribution is 0.340. The summed E-state index contributed by atoms with van der Waals surface area (Å²) < 4.78 is 5.53. The first kappa shape index (κ1) is 18.8. The Morgan fingerprint density at radius 3 is 1.82 bits per heavy atom. The van der Waals surface area contributed by atoms with Crippen molar-refractivity contribution in [3.8, 4) is 5.75 Å². The van der Waals surface area contributed by atoms with Gasteiger partial charge in [0.25, 0.3) is 0 Å². The van der Waals surface area contributed by atoms with Gasteiger partial charge in [-0.05, 0) is 69.7 Å². The lowest BCUT2D eigenvalue weighted by Crippen LogP contribution is -2.34. The Balaban J connectivity index is 1.58. The quantitative estimate of drug-likeness (QED) is 0.810. The van der Waals surface area contributed by atoms with Gasteiger partial charge >= 0.3 is 0 Å². The molecule has 0 spiro atoms. The van der Waals surface area contributed by atoms with Crippen molar-refractivity contribution >= 4 is 23.5 Å². The van der Waals surface area contributed by atoms with Crippen LogP contribution in [0.15, 0.2) is 24.3 Å². The van der Waals surface area contributed by atoms with Gasteiger partial charge in [0.1, 0.15) is 5.75 Å². The Hall–Kier alpha value is -2.57. The summed E-state index contributed by atoms with van der Waals surface area (Å²) >= 11 is 0. The molecule has 7 nitrogen and oxygen atoms in total. The summed E-state index contributed by atoms with van der Waals surface area (Å²) in [6, 6.07) is 7.92. The van der Waals surface area contributed by atoms with E-state index in [4.69, 9.17) is 19.7 Å². The van der Waals surface area contributed by atoms with E-state index >= 15 is 0 Å². The maximum absolute atomic E-state index is 5.53. The third-order valence-corrected chi connectivity index (χ3v) is 5.31. The van der Waals surface area contributed by atoms with E-state index in [0.29, 0.717) is 12.6 Å². The van der Waals surface area contributed by atoms with E-state index in [0.717, 1.165) is 49.5 Å². The van der Waals surface area contributed by atoms with Crippen molar-refractivity contribution in [2.45, 2.75) is 45.4 Å². The van der Waals surface area contributed by atoms with Gasteiger partial charge in [-0.3, -0.25) is 0 Å². The van der Waals surface area contributed by atoms with Gasteiger partial charge in [0.05, 0.1) is 6.61 Å². The molecule has 150 valence electrons. The fourth-order valence-electron chi connectivity index (χ4n) is 3.81. The summed E-state index contributed by atoms with van der Waals surface area (Å²) in [6.45, 7) is 6.73. The number of aromatic nitrogens is 3. The molecule has 0 amide bonds. The second kappa shape index (κ2) is 9.08. The molecule has 4 rings (SSSR count). The summed E-state index contributed by atoms with van der Waals surface area (Å²) in [7, 11) is 0. The number of hydrogen-bond donors (Lipinski definition) is 1. The van der Waals surface area contributed by atoms with Crippen LogP contribution in [-0.2, 0) is 0 Å². The lowest BCUT2D eigenvalue weighted by atomic mass is 10.1. The first-order chi connectivity index (χ1) is 13.8. The summed E-state index contributed by atoms with van der Waals surface area (Å²) in [5, 5.41) is 3.36. The highest BCUT2D eigenvalue weighted by molar-refractivity contribution is 5.57. The maximum atomic E-state index is 5.53. The van der Waals surface area contributed by atoms with Gasteiger partial charge < -0.3 is 19.9 Å². The first-order valence-electron chi connectivity index (χ1n) is 10.6. The van der Waals surface area contributed by atoms with Gasteiger partial charge in [0.2, 0.25) is 17.8 Å². The minimum absolute atomic E-state index is 0.611. The van der Waals surface area contributed by atoms with Crippen molar-refractivity contribution in [1.29, 1.82) is 0 Å². The molecule has 2 saturated heterocycles. The third-order valence-electron chi connectivity index (χ3n) is 5.31. The molecule has 28 heavy (non-hydrogen) atoms. The SMILES string of the molecule is CCOc1ccc(Nc2nc(N3CCCCC3)nc(N3CCCCC3)n2)cc1. The second-order valence-electron chi connectivity index (χ2n) is 7.44. The monoisotopic (exact) mass is 382 g/mol. The number of hydrogen-bond acceptors (Lipinski definition) is 7. The van der Waals surface area contributed by atoms with E-state index in [1.165, 1.54) is 38.5 Å². The summed E-state index contributed by atoms with van der Waals surface area (Å²) in [5.74, 6) is 3.07. The minimum Gasteiger partial charge on any atom is -0.494 e. The van der Waals surface area contributed by atoms with Crippen LogP contribution in [0.2, 0.25) is 0 Å². The molecular formula is C21H30N6O. The first-order valence-corrected chi connectivity index (χ1v) is 10.6. The average molecular weight is 383 g/mol. The van der Waals surface area contributed by atoms with Crippen molar-refractivity contribution in [3.63, 3.8) is 0 Å². The topological polar surface area (TPSA) is 66.4 Å². The van der Waals surface area contributed by atoms with Gasteiger partial charge in [-0.25, -0.2) is 0 Å². The van der Waals surface area contributed by atoms with E-state index < -0.39 is 0 Å². The van der Waals surface area contributed by atoms with Crippen LogP contribution in [0.4, 0.5) is 23.5 Å². The van der Waals surface area contributed by atoms with Gasteiger partial charge in [-0.15, -0.1) is 0 Å². The van der Waals surface area contributed by atoms with Crippen LogP contribution >= 0.6 is 0 Å². The second-order valence-corrected chi connectivity index (χ2v) is 7.44. The van der Waals surface area contributed by atoms with Crippen molar-refractivity contribution in [2.24, 2.45) is 0 Å². The molecule has 2 aliphatic heterocycles. The number of piperidine rings is 2. The Morgan fingerprint density at radius 2 is 1.32 bits per heavy atom. The van der Waals surface area contributed by atoms with Crippen LogP contribution in [-0.4, -0.2) is 47.7 Å². The number of ether oxygens (including phenoxy) is 1. The molecule has 0 aliphatic carbocycles. The molecule has 0 atom stereocenters. The van der Waals surface area contributed by atoms with Gasteiger partial charge in [0.15, 0.2) is 0 Å². The minimum atomic E-state index is 0.611. The van der Waals surface area contributed by atoms with Crippen molar-refractivity contribution < 1.29 is 4.74 Å². The zero-order valence-electron chi connectivity index (χ0n) is 16.7. The highest BCUT2D eigenvalue weighted by Gasteiger charge is 2.20. The molecule has 0 unspecified atom stereocenters. The smallest absolute Gasteiger partial charge is 0.233 e. The van der Waals surface area contributed by atoms with Crippen molar-refractivity contribution in [1.82, 2.24) is 15.0 Å². The molecule has 1 aromatic carbocycles. The molecular weight excluding hydrogens is 352 g/mol. The summed E-state index contributed by atoms with van der Waals surface area (Å²) in [4.78, 5) is 18.9. The predicted molar refractivity (Wildman–Crippen MR) is 113 cm³/mol. The number of nitrogens with zero attached hydrogens (tertiary/aromatic N) is 5. The van der Waals surface area contributed by atoms with E-state index in [1.807, 2.05) is 31.2 Å². The lowest BCUT2D eigenvalue weighted by Gasteiger charge is -2.30. The molecule has 2 aliphatic rings. The Bertz CT molecular complexity index is 718. The summed E-state index contributed by atoms with van der Waals surface area (Å²) in [5.41, 5.74) is 0.948. The Labute approximate surface area is 167 Å². The van der Waals surface area contributed by atoms with Crippen LogP contribution in [0.5, 0.6) is 5.75 Å². The fourth-order valence-corrected chi connectivity index (χ4v) is 3.81. The zero-order chi connectivity index (χ0) is 19.2. The molecule has 0 bridgehead atoms. The maximum Gasteiger partial charge on any atom is 0.233 e. The Morgan fingerprint density at radius 1 is 0.786 bits per heavy atom. The Kier molecular flexibility index (Phi) is 6.09. The van der Waals surface area contributed by atoms with Crippen LogP contribution < -0.4 is 19.9 Å². The molecule has 1 N–H and O–H groups in total. The number of rotatable bonds is 6. The number of nitrogens with one attached hydrogen (secondary N) is 1. The average Bonchev–Trinajstić information content (AvgIpc) is 2.76. The van der Waals surface area contributed by atoms with E-state index in [2.05, 4.69) is 15.1 Å². The normalized spacial score (nSPS) is 17.5. The van der Waals surface area contributed by atoms with Crippen LogP contribution in [0.25, 0.3) is 0 Å². The largest absolute Gasteiger partial charge is 0.494 e. The standard InChI is InChI=1S/C21H30N6O/c1-2-28-18-11-9-17(10-12-18)22-19-23-20(26-13-5-3-6-14-26)25-21(24-19)27-15-7-4-8-16-27/h9-12H,2-8,13-16H2,1H3,(H,22,23,24,25). The van der Waals surface area contributed by atoms with Gasteiger partial charge in [0, 0.05) is 31.9 Å². The zero-order valence-corrected chi connectivity index (χ0v) is 16.7. The van der Waals surface area contributed by atoms with Crippen LogP contribution in [0.1, 0.15) is 45.4 Å². The van der Waals surface area contributed by atoms with Crippen molar-refractivity contribution in [3.05, 3.63) is 24.3 Å². The van der Waals surface area contributed by atoms with E-state index in [1.54, 1.807) is 0 Å². The fraction of sp³-hybridized carbons (Fsp3) is 0.571. The molecule has 0 radical (unpaired) electrons. The molecule has 2 aromatic rings. The molecule has 3 heterocycles. The third kappa shape index (κ3) is 4.64. The van der Waals surface area contributed by atoms with E-state index in [-0.39, 0.29) is 0 Å². The summed E-state index contributed by atoms with van der Waals surface area (Å²) in [6.07, 6.45) is 7.38. The van der Waals surface area contributed by atoms with Crippen LogP contribution in [0, 0.1) is 0 Å². The van der Waals surface area contributed by atoms with E-state index in [9.17, 15) is 0 Å². The molecule has 2 fully saturated rings. The van der Waals surface area contributed by atoms with Crippen LogP contribution in [0.3, 0.4) is 0 Å². The van der Waals surface area contributed by atoms with Gasteiger partial charge in [-0.1, -0.05) is 0 Å². The number of anilines is 4. The predicted octanol–water partition coefficient (Wildman–Crippen LogP) is 3.99. The highest BCUT2D eigenvalue weighted by atomic mass is 16.5. The number of benzene rings is 1.